The van der Waals surface area contributed by atoms with Gasteiger partial charge in [-0.3, -0.25) is 9.55 Å². The fourth-order valence-corrected chi connectivity index (χ4v) is 2.95. The van der Waals surface area contributed by atoms with Gasteiger partial charge >= 0.3 is 0 Å². The molecule has 3 aromatic heterocycles. The van der Waals surface area contributed by atoms with Crippen molar-refractivity contribution in [1.29, 1.82) is 0 Å². The first kappa shape index (κ1) is 16.6. The van der Waals surface area contributed by atoms with Crippen molar-refractivity contribution in [3.63, 3.8) is 0 Å². The monoisotopic (exact) mass is 389 g/mol. The third kappa shape index (κ3) is 3.48. The predicted octanol–water partition coefficient (Wildman–Crippen LogP) is 3.13. The lowest BCUT2D eigenvalue weighted by Crippen LogP contribution is -2.09. The van der Waals surface area contributed by atoms with Crippen LogP contribution in [0.5, 0.6) is 0 Å². The molecule has 0 spiro atoms. The van der Waals surface area contributed by atoms with E-state index in [0.29, 0.717) is 34.2 Å². The molecule has 0 atom stereocenters. The Hall–Kier alpha value is -2.22. The highest BCUT2D eigenvalue weighted by molar-refractivity contribution is 9.10. The van der Waals surface area contributed by atoms with Gasteiger partial charge in [0.05, 0.1) is 6.54 Å². The minimum Gasteiger partial charge on any atom is -0.382 e. The zero-order valence-electron chi connectivity index (χ0n) is 13.8. The van der Waals surface area contributed by atoms with Crippen LogP contribution in [0.1, 0.15) is 30.9 Å². The Bertz CT molecular complexity index is 859. The zero-order valence-corrected chi connectivity index (χ0v) is 15.3. The number of rotatable bonds is 6. The van der Waals surface area contributed by atoms with Crippen molar-refractivity contribution >= 4 is 38.9 Å². The molecule has 0 unspecified atom stereocenters. The first-order chi connectivity index (χ1) is 11.6. The van der Waals surface area contributed by atoms with Gasteiger partial charge in [-0.15, -0.1) is 0 Å². The number of aromatic nitrogens is 5. The molecule has 0 aliphatic heterocycles. The molecule has 0 aliphatic carbocycles. The number of aryl methyl sites for hydroxylation is 1. The second kappa shape index (κ2) is 7.12. The molecule has 0 fully saturated rings. The number of hydrogen-bond acceptors (Lipinski definition) is 6. The van der Waals surface area contributed by atoms with Gasteiger partial charge in [-0.1, -0.05) is 19.4 Å². The zero-order chi connectivity index (χ0) is 17.1. The van der Waals surface area contributed by atoms with E-state index in [2.05, 4.69) is 54.2 Å². The fourth-order valence-electron chi connectivity index (χ4n) is 2.48. The molecular weight excluding hydrogens is 370 g/mol. The van der Waals surface area contributed by atoms with Crippen LogP contribution in [0.2, 0.25) is 0 Å². The normalized spacial score (nSPS) is 11.1. The van der Waals surface area contributed by atoms with Gasteiger partial charge in [-0.2, -0.15) is 9.97 Å². The highest BCUT2D eigenvalue weighted by Crippen LogP contribution is 2.24. The van der Waals surface area contributed by atoms with Crippen molar-refractivity contribution in [2.45, 2.75) is 33.2 Å². The summed E-state index contributed by atoms with van der Waals surface area (Å²) in [5.74, 6) is 0.908. The maximum Gasteiger partial charge on any atom is 0.226 e. The highest BCUT2D eigenvalue weighted by Gasteiger charge is 2.15. The average Bonchev–Trinajstić information content (AvgIpc) is 2.85. The number of hydrogen-bond donors (Lipinski definition) is 2. The molecule has 3 heterocycles. The lowest BCUT2D eigenvalue weighted by atomic mass is 10.2. The summed E-state index contributed by atoms with van der Waals surface area (Å²) in [6.07, 6.45) is 5.84. The standard InChI is InChI=1S/C16H20BrN7/c1-3-4-5-20-16-22-13(18)12-14(23-16)24(15(17)21-12)9-11-6-10(2)7-19-8-11/h6-8H,3-5,9H2,1-2H3,(H3,18,20,22,23). The maximum absolute atomic E-state index is 6.06. The molecule has 3 N–H and O–H groups in total. The van der Waals surface area contributed by atoms with Crippen LogP contribution >= 0.6 is 15.9 Å². The van der Waals surface area contributed by atoms with Crippen LogP contribution in [0.25, 0.3) is 11.2 Å². The van der Waals surface area contributed by atoms with E-state index in [-0.39, 0.29) is 0 Å². The van der Waals surface area contributed by atoms with Crippen molar-refractivity contribution in [2.24, 2.45) is 0 Å². The average molecular weight is 390 g/mol. The van der Waals surface area contributed by atoms with E-state index >= 15 is 0 Å². The summed E-state index contributed by atoms with van der Waals surface area (Å²) < 4.78 is 2.64. The van der Waals surface area contributed by atoms with E-state index in [9.17, 15) is 0 Å². The molecule has 0 aromatic carbocycles. The minimum atomic E-state index is 0.376. The van der Waals surface area contributed by atoms with Crippen molar-refractivity contribution in [3.8, 4) is 0 Å². The van der Waals surface area contributed by atoms with Gasteiger partial charge in [0, 0.05) is 18.9 Å². The second-order valence-electron chi connectivity index (χ2n) is 5.72. The van der Waals surface area contributed by atoms with E-state index in [1.165, 1.54) is 0 Å². The Morgan fingerprint density at radius 3 is 2.83 bits per heavy atom. The number of halogens is 1. The second-order valence-corrected chi connectivity index (χ2v) is 6.43. The van der Waals surface area contributed by atoms with Crippen LogP contribution in [-0.2, 0) is 6.54 Å². The van der Waals surface area contributed by atoms with Gasteiger partial charge in [0.1, 0.15) is 0 Å². The smallest absolute Gasteiger partial charge is 0.226 e. The van der Waals surface area contributed by atoms with Crippen LogP contribution in [0.15, 0.2) is 23.2 Å². The molecule has 3 aromatic rings. The summed E-state index contributed by atoms with van der Waals surface area (Å²) in [6, 6.07) is 2.09. The number of nitrogen functional groups attached to an aromatic ring is 1. The lowest BCUT2D eigenvalue weighted by molar-refractivity contribution is 0.784. The van der Waals surface area contributed by atoms with Crippen LogP contribution in [-0.4, -0.2) is 31.0 Å². The Balaban J connectivity index is 1.98. The molecule has 0 amide bonds. The van der Waals surface area contributed by atoms with Gasteiger partial charge < -0.3 is 11.1 Å². The van der Waals surface area contributed by atoms with Gasteiger partial charge in [0.2, 0.25) is 5.95 Å². The number of unbranched alkanes of at least 4 members (excludes halogenated alkanes) is 1. The van der Waals surface area contributed by atoms with Gasteiger partial charge in [-0.05, 0) is 40.4 Å². The topological polar surface area (TPSA) is 94.5 Å². The summed E-state index contributed by atoms with van der Waals surface area (Å²) in [4.78, 5) is 17.6. The van der Waals surface area contributed by atoms with Crippen LogP contribution in [0.3, 0.4) is 0 Å². The molecule has 0 aliphatic rings. The van der Waals surface area contributed by atoms with Crippen molar-refractivity contribution in [2.75, 3.05) is 17.6 Å². The summed E-state index contributed by atoms with van der Waals surface area (Å²) in [5.41, 5.74) is 9.56. The van der Waals surface area contributed by atoms with Crippen LogP contribution < -0.4 is 11.1 Å². The third-order valence-corrected chi connectivity index (χ3v) is 4.27. The largest absolute Gasteiger partial charge is 0.382 e. The number of imidazole rings is 1. The number of fused-ring (bicyclic) bond motifs is 1. The number of nitrogens with one attached hydrogen (secondary N) is 1. The van der Waals surface area contributed by atoms with E-state index in [1.807, 2.05) is 23.9 Å². The molecule has 126 valence electrons. The van der Waals surface area contributed by atoms with Crippen molar-refractivity contribution < 1.29 is 0 Å². The number of anilines is 2. The molecule has 0 saturated carbocycles. The summed E-state index contributed by atoms with van der Waals surface area (Å²) in [6.45, 7) is 5.59. The molecule has 8 heteroatoms. The molecule has 3 rings (SSSR count). The molecular formula is C16H20BrN7. The Morgan fingerprint density at radius 1 is 1.25 bits per heavy atom. The summed E-state index contributed by atoms with van der Waals surface area (Å²) >= 11 is 3.50. The molecule has 24 heavy (non-hydrogen) atoms. The Labute approximate surface area is 148 Å². The highest BCUT2D eigenvalue weighted by atomic mass is 79.9. The molecule has 0 saturated heterocycles. The first-order valence-corrected chi connectivity index (χ1v) is 8.71. The van der Waals surface area contributed by atoms with Gasteiger partial charge in [0.25, 0.3) is 0 Å². The predicted molar refractivity (Wildman–Crippen MR) is 98.9 cm³/mol. The summed E-state index contributed by atoms with van der Waals surface area (Å²) in [7, 11) is 0. The van der Waals surface area contributed by atoms with E-state index in [0.717, 1.165) is 30.5 Å². The first-order valence-electron chi connectivity index (χ1n) is 7.92. The van der Waals surface area contributed by atoms with Gasteiger partial charge in [-0.25, -0.2) is 4.98 Å². The van der Waals surface area contributed by atoms with E-state index in [4.69, 9.17) is 5.73 Å². The van der Waals surface area contributed by atoms with Crippen molar-refractivity contribution in [1.82, 2.24) is 24.5 Å². The van der Waals surface area contributed by atoms with Crippen LogP contribution in [0.4, 0.5) is 11.8 Å². The van der Waals surface area contributed by atoms with E-state index < -0.39 is 0 Å². The number of nitrogens with two attached hydrogens (primary N) is 1. The third-order valence-electron chi connectivity index (χ3n) is 3.66. The fraction of sp³-hybridized carbons (Fsp3) is 0.375. The lowest BCUT2D eigenvalue weighted by Gasteiger charge is -2.08. The number of nitrogens with zero attached hydrogens (tertiary/aromatic N) is 5. The maximum atomic E-state index is 6.06. The molecule has 0 bridgehead atoms. The SMILES string of the molecule is CCCCNc1nc(N)c2nc(Br)n(Cc3cncc(C)c3)c2n1. The van der Waals surface area contributed by atoms with E-state index in [1.54, 1.807) is 0 Å². The summed E-state index contributed by atoms with van der Waals surface area (Å²) in [5, 5.41) is 3.22. The quantitative estimate of drug-likeness (QED) is 0.496. The Morgan fingerprint density at radius 2 is 2.08 bits per heavy atom. The van der Waals surface area contributed by atoms with Crippen molar-refractivity contribution in [3.05, 3.63) is 34.3 Å². The number of pyridine rings is 1. The molecule has 7 nitrogen and oxygen atoms in total. The van der Waals surface area contributed by atoms with Crippen LogP contribution in [0, 0.1) is 6.92 Å². The minimum absolute atomic E-state index is 0.376. The Kier molecular flexibility index (Phi) is 4.94. The van der Waals surface area contributed by atoms with Gasteiger partial charge in [0.15, 0.2) is 21.7 Å². The molecule has 0 radical (unpaired) electrons.